The van der Waals surface area contributed by atoms with Gasteiger partial charge in [0, 0.05) is 11.3 Å². The van der Waals surface area contributed by atoms with Gasteiger partial charge in [-0.25, -0.2) is 0 Å². The van der Waals surface area contributed by atoms with E-state index in [0.717, 1.165) is 22.7 Å². The molecule has 0 amide bonds. The smallest absolute Gasteiger partial charge is 0.192 e. The molecule has 24 heavy (non-hydrogen) atoms. The minimum atomic E-state index is -0.786. The van der Waals surface area contributed by atoms with Crippen LogP contribution < -0.4 is 0 Å². The van der Waals surface area contributed by atoms with Crippen molar-refractivity contribution >= 4 is 11.8 Å². The third kappa shape index (κ3) is 3.69. The van der Waals surface area contributed by atoms with Gasteiger partial charge in [0.25, 0.3) is 0 Å². The Morgan fingerprint density at radius 3 is 2.75 bits per heavy atom. The molecule has 0 aliphatic carbocycles. The molecule has 1 atom stereocenters. The Morgan fingerprint density at radius 2 is 2.04 bits per heavy atom. The van der Waals surface area contributed by atoms with Crippen LogP contribution >= 0.6 is 11.8 Å². The fourth-order valence-electron chi connectivity index (χ4n) is 2.34. The van der Waals surface area contributed by atoms with E-state index in [1.54, 1.807) is 6.26 Å². The number of benzene rings is 1. The Morgan fingerprint density at radius 1 is 1.21 bits per heavy atom. The first-order valence-corrected chi connectivity index (χ1v) is 8.61. The highest BCUT2D eigenvalue weighted by atomic mass is 32.2. The zero-order chi connectivity index (χ0) is 16.9. The lowest BCUT2D eigenvalue weighted by Crippen LogP contribution is -2.15. The number of aliphatic hydroxyl groups excluding tert-OH is 2. The molecule has 7 heteroatoms. The molecular formula is C17H19N3O3S. The molecule has 126 valence electrons. The molecule has 2 N–H and O–H groups in total. The van der Waals surface area contributed by atoms with Gasteiger partial charge in [0.15, 0.2) is 11.0 Å². The summed E-state index contributed by atoms with van der Waals surface area (Å²) in [6.45, 7) is 2.26. The number of aryl methyl sites for hydroxylation is 1. The normalized spacial score (nSPS) is 12.5. The van der Waals surface area contributed by atoms with Crippen molar-refractivity contribution in [3.05, 3.63) is 54.0 Å². The van der Waals surface area contributed by atoms with Crippen LogP contribution in [0.4, 0.5) is 0 Å². The van der Waals surface area contributed by atoms with E-state index >= 15 is 0 Å². The van der Waals surface area contributed by atoms with Crippen LogP contribution in [0.3, 0.4) is 0 Å². The van der Waals surface area contributed by atoms with Crippen molar-refractivity contribution in [2.24, 2.45) is 0 Å². The van der Waals surface area contributed by atoms with E-state index in [-0.39, 0.29) is 6.61 Å². The van der Waals surface area contributed by atoms with Crippen LogP contribution in [-0.2, 0) is 6.54 Å². The SMILES string of the molecule is Cc1ccccc1-c1nnc(SCC(O)CO)n1Cc1ccco1. The standard InChI is InChI=1S/C17H19N3O3S/c1-12-5-2-3-7-15(12)16-18-19-17(24-11-13(22)10-21)20(16)9-14-6-4-8-23-14/h2-8,13,21-22H,9-11H2,1H3. The predicted molar refractivity (Wildman–Crippen MR) is 91.8 cm³/mol. The molecule has 0 saturated heterocycles. The van der Waals surface area contributed by atoms with E-state index in [1.165, 1.54) is 11.8 Å². The van der Waals surface area contributed by atoms with E-state index in [0.29, 0.717) is 17.5 Å². The van der Waals surface area contributed by atoms with Crippen LogP contribution in [0.2, 0.25) is 0 Å². The van der Waals surface area contributed by atoms with Crippen molar-refractivity contribution in [2.45, 2.75) is 24.7 Å². The molecule has 3 aromatic rings. The molecule has 0 fully saturated rings. The average molecular weight is 345 g/mol. The zero-order valence-corrected chi connectivity index (χ0v) is 14.1. The molecule has 3 rings (SSSR count). The fraction of sp³-hybridized carbons (Fsp3) is 0.294. The van der Waals surface area contributed by atoms with Crippen LogP contribution in [-0.4, -0.2) is 43.4 Å². The minimum Gasteiger partial charge on any atom is -0.467 e. The summed E-state index contributed by atoms with van der Waals surface area (Å²) in [5.74, 6) is 1.90. The quantitative estimate of drug-likeness (QED) is 0.640. The summed E-state index contributed by atoms with van der Waals surface area (Å²) >= 11 is 1.36. The summed E-state index contributed by atoms with van der Waals surface area (Å²) < 4.78 is 7.42. The highest BCUT2D eigenvalue weighted by Gasteiger charge is 2.18. The third-order valence-electron chi connectivity index (χ3n) is 3.61. The number of thioether (sulfide) groups is 1. The number of hydrogen-bond acceptors (Lipinski definition) is 6. The molecule has 0 saturated carbocycles. The second kappa shape index (κ2) is 7.65. The van der Waals surface area contributed by atoms with Crippen molar-refractivity contribution in [1.29, 1.82) is 0 Å². The van der Waals surface area contributed by atoms with Gasteiger partial charge in [0.1, 0.15) is 5.76 Å². The van der Waals surface area contributed by atoms with Gasteiger partial charge < -0.3 is 14.6 Å². The van der Waals surface area contributed by atoms with E-state index in [9.17, 15) is 5.11 Å². The van der Waals surface area contributed by atoms with E-state index in [1.807, 2.05) is 47.9 Å². The van der Waals surface area contributed by atoms with Crippen molar-refractivity contribution in [1.82, 2.24) is 14.8 Å². The number of rotatable bonds is 7. The number of furan rings is 1. The first kappa shape index (κ1) is 16.8. The van der Waals surface area contributed by atoms with Gasteiger partial charge in [-0.05, 0) is 24.6 Å². The summed E-state index contributed by atoms with van der Waals surface area (Å²) in [4.78, 5) is 0. The van der Waals surface area contributed by atoms with Crippen LogP contribution in [0.5, 0.6) is 0 Å². The highest BCUT2D eigenvalue weighted by molar-refractivity contribution is 7.99. The fourth-order valence-corrected chi connectivity index (χ4v) is 3.20. The maximum absolute atomic E-state index is 9.59. The summed E-state index contributed by atoms with van der Waals surface area (Å²) in [7, 11) is 0. The maximum Gasteiger partial charge on any atom is 0.192 e. The van der Waals surface area contributed by atoms with Gasteiger partial charge in [-0.15, -0.1) is 10.2 Å². The van der Waals surface area contributed by atoms with Crippen molar-refractivity contribution < 1.29 is 14.6 Å². The monoisotopic (exact) mass is 345 g/mol. The molecule has 0 aliphatic rings. The Labute approximate surface area is 144 Å². The minimum absolute atomic E-state index is 0.274. The summed E-state index contributed by atoms with van der Waals surface area (Å²) in [5, 5.41) is 27.9. The van der Waals surface area contributed by atoms with Crippen LogP contribution in [0.1, 0.15) is 11.3 Å². The predicted octanol–water partition coefficient (Wildman–Crippen LogP) is 2.34. The second-order valence-corrected chi connectivity index (χ2v) is 6.42. The van der Waals surface area contributed by atoms with Gasteiger partial charge in [0.2, 0.25) is 0 Å². The van der Waals surface area contributed by atoms with Crippen molar-refractivity contribution in [2.75, 3.05) is 12.4 Å². The molecule has 6 nitrogen and oxygen atoms in total. The van der Waals surface area contributed by atoms with Gasteiger partial charge >= 0.3 is 0 Å². The molecule has 0 radical (unpaired) electrons. The van der Waals surface area contributed by atoms with Crippen molar-refractivity contribution in [3.8, 4) is 11.4 Å². The first-order chi connectivity index (χ1) is 11.7. The van der Waals surface area contributed by atoms with E-state index in [2.05, 4.69) is 10.2 Å². The Kier molecular flexibility index (Phi) is 5.34. The molecule has 0 bridgehead atoms. The van der Waals surface area contributed by atoms with Crippen LogP contribution in [0.15, 0.2) is 52.2 Å². The van der Waals surface area contributed by atoms with E-state index in [4.69, 9.17) is 9.52 Å². The van der Waals surface area contributed by atoms with Crippen LogP contribution in [0.25, 0.3) is 11.4 Å². The number of aliphatic hydroxyl groups is 2. The average Bonchev–Trinajstić information content (AvgIpc) is 3.24. The van der Waals surface area contributed by atoms with Gasteiger partial charge in [0.05, 0.1) is 25.5 Å². The molecular weight excluding hydrogens is 326 g/mol. The Bertz CT molecular complexity index is 786. The largest absolute Gasteiger partial charge is 0.467 e. The van der Waals surface area contributed by atoms with Crippen LogP contribution in [0, 0.1) is 6.92 Å². The van der Waals surface area contributed by atoms with Gasteiger partial charge in [-0.1, -0.05) is 36.0 Å². The zero-order valence-electron chi connectivity index (χ0n) is 13.3. The van der Waals surface area contributed by atoms with Gasteiger partial charge in [-0.2, -0.15) is 0 Å². The third-order valence-corrected chi connectivity index (χ3v) is 4.72. The summed E-state index contributed by atoms with van der Waals surface area (Å²) in [5.41, 5.74) is 2.11. The Hall–Kier alpha value is -2.09. The molecule has 1 unspecified atom stereocenters. The summed E-state index contributed by atoms with van der Waals surface area (Å²) in [6, 6.07) is 11.7. The lowest BCUT2D eigenvalue weighted by molar-refractivity contribution is 0.113. The molecule has 2 aromatic heterocycles. The summed E-state index contributed by atoms with van der Waals surface area (Å²) in [6.07, 6.45) is 0.848. The highest BCUT2D eigenvalue weighted by Crippen LogP contribution is 2.27. The lowest BCUT2D eigenvalue weighted by atomic mass is 10.1. The molecule has 2 heterocycles. The maximum atomic E-state index is 9.59. The molecule has 0 spiro atoms. The Balaban J connectivity index is 1.96. The number of hydrogen-bond donors (Lipinski definition) is 2. The molecule has 1 aromatic carbocycles. The number of aromatic nitrogens is 3. The van der Waals surface area contributed by atoms with Crippen molar-refractivity contribution in [3.63, 3.8) is 0 Å². The van der Waals surface area contributed by atoms with Gasteiger partial charge in [-0.3, -0.25) is 4.57 Å². The lowest BCUT2D eigenvalue weighted by Gasteiger charge is -2.11. The second-order valence-electron chi connectivity index (χ2n) is 5.43. The van der Waals surface area contributed by atoms with E-state index < -0.39 is 6.10 Å². The molecule has 0 aliphatic heterocycles. The topological polar surface area (TPSA) is 84.3 Å². The first-order valence-electron chi connectivity index (χ1n) is 7.62. The number of nitrogens with zero attached hydrogens (tertiary/aromatic N) is 3.